The Balaban J connectivity index is 1.83. The van der Waals surface area contributed by atoms with Crippen molar-refractivity contribution < 1.29 is 14.3 Å². The lowest BCUT2D eigenvalue weighted by Crippen LogP contribution is -2.48. The van der Waals surface area contributed by atoms with Crippen molar-refractivity contribution in [3.8, 4) is 0 Å². The first kappa shape index (κ1) is 17.5. The van der Waals surface area contributed by atoms with Gasteiger partial charge in [-0.25, -0.2) is 14.2 Å². The van der Waals surface area contributed by atoms with Crippen molar-refractivity contribution in [2.24, 2.45) is 5.92 Å². The molecule has 1 aliphatic rings. The largest absolute Gasteiger partial charge is 0.394 e. The summed E-state index contributed by atoms with van der Waals surface area (Å²) in [5, 5.41) is 15.0. The number of rotatable bonds is 6. The predicted molar refractivity (Wildman–Crippen MR) is 86.8 cm³/mol. The fraction of sp³-hybridized carbons (Fsp3) is 0.625. The van der Waals surface area contributed by atoms with Crippen molar-refractivity contribution in [1.82, 2.24) is 15.6 Å². The minimum atomic E-state index is -0.352. The molecular weight excluding hydrogens is 299 g/mol. The van der Waals surface area contributed by atoms with E-state index in [1.54, 1.807) is 12.3 Å². The molecular formula is C16H25FN4O2. The number of carbonyl (C=O) groups is 1. The minimum Gasteiger partial charge on any atom is -0.394 e. The zero-order chi connectivity index (χ0) is 16.8. The van der Waals surface area contributed by atoms with Crippen molar-refractivity contribution in [1.29, 1.82) is 0 Å². The number of aliphatic hydroxyl groups excluding tert-OH is 1. The van der Waals surface area contributed by atoms with Gasteiger partial charge in [-0.05, 0) is 30.9 Å². The van der Waals surface area contributed by atoms with Crippen molar-refractivity contribution in [3.63, 3.8) is 0 Å². The highest BCUT2D eigenvalue weighted by atomic mass is 19.1. The van der Waals surface area contributed by atoms with Gasteiger partial charge in [0.05, 0.1) is 12.6 Å². The summed E-state index contributed by atoms with van der Waals surface area (Å²) in [6.07, 6.45) is 3.01. The lowest BCUT2D eigenvalue weighted by Gasteiger charge is -2.21. The molecule has 2 atom stereocenters. The average Bonchev–Trinajstić information content (AvgIpc) is 2.94. The highest BCUT2D eigenvalue weighted by Gasteiger charge is 2.27. The Morgan fingerprint density at radius 1 is 1.57 bits per heavy atom. The Morgan fingerprint density at radius 3 is 3.00 bits per heavy atom. The van der Waals surface area contributed by atoms with Crippen LogP contribution < -0.4 is 15.5 Å². The van der Waals surface area contributed by atoms with Crippen LogP contribution in [0.2, 0.25) is 0 Å². The van der Waals surface area contributed by atoms with Crippen LogP contribution >= 0.6 is 0 Å². The summed E-state index contributed by atoms with van der Waals surface area (Å²) < 4.78 is 13.7. The summed E-state index contributed by atoms with van der Waals surface area (Å²) in [4.78, 5) is 17.9. The van der Waals surface area contributed by atoms with Crippen LogP contribution in [0.3, 0.4) is 0 Å². The number of nitrogens with zero attached hydrogens (tertiary/aromatic N) is 2. The van der Waals surface area contributed by atoms with E-state index in [0.717, 1.165) is 12.8 Å². The summed E-state index contributed by atoms with van der Waals surface area (Å²) in [6, 6.07) is 2.34. The van der Waals surface area contributed by atoms with Gasteiger partial charge in [0.2, 0.25) is 0 Å². The maximum atomic E-state index is 13.7. The average molecular weight is 324 g/mol. The fourth-order valence-corrected chi connectivity index (χ4v) is 2.84. The number of aliphatic hydroxyl groups is 1. The Bertz CT molecular complexity index is 527. The number of nitrogens with one attached hydrogen (secondary N) is 2. The van der Waals surface area contributed by atoms with E-state index in [0.29, 0.717) is 24.8 Å². The van der Waals surface area contributed by atoms with Gasteiger partial charge in [0.1, 0.15) is 0 Å². The number of hydrogen-bond donors (Lipinski definition) is 3. The van der Waals surface area contributed by atoms with Gasteiger partial charge in [-0.1, -0.05) is 13.8 Å². The first-order valence-electron chi connectivity index (χ1n) is 8.03. The quantitative estimate of drug-likeness (QED) is 0.741. The normalized spacial score (nSPS) is 19.0. The van der Waals surface area contributed by atoms with Gasteiger partial charge in [-0.2, -0.15) is 0 Å². The van der Waals surface area contributed by atoms with E-state index in [9.17, 15) is 14.3 Å². The van der Waals surface area contributed by atoms with Crippen LogP contribution in [0.1, 0.15) is 26.7 Å². The van der Waals surface area contributed by atoms with Crippen molar-refractivity contribution in [2.75, 3.05) is 24.6 Å². The molecule has 2 amide bonds. The van der Waals surface area contributed by atoms with Gasteiger partial charge in [0.15, 0.2) is 11.6 Å². The van der Waals surface area contributed by atoms with Gasteiger partial charge in [0, 0.05) is 25.3 Å². The number of pyridine rings is 1. The van der Waals surface area contributed by atoms with Crippen LogP contribution in [0.4, 0.5) is 15.0 Å². The molecule has 23 heavy (non-hydrogen) atoms. The van der Waals surface area contributed by atoms with Gasteiger partial charge in [-0.3, -0.25) is 0 Å². The molecule has 0 aromatic carbocycles. The van der Waals surface area contributed by atoms with E-state index >= 15 is 0 Å². The maximum Gasteiger partial charge on any atom is 0.315 e. The number of hydrogen-bond acceptors (Lipinski definition) is 4. The molecule has 0 saturated carbocycles. The molecule has 6 nitrogen and oxygen atoms in total. The number of aromatic nitrogens is 1. The summed E-state index contributed by atoms with van der Waals surface area (Å²) in [6.45, 7) is 5.17. The predicted octanol–water partition coefficient (Wildman–Crippen LogP) is 1.51. The molecule has 1 aromatic heterocycles. The first-order chi connectivity index (χ1) is 11.0. The molecule has 1 aliphatic heterocycles. The van der Waals surface area contributed by atoms with Crippen LogP contribution in [0.15, 0.2) is 18.3 Å². The third-order valence-corrected chi connectivity index (χ3v) is 3.87. The molecule has 7 heteroatoms. The number of anilines is 1. The number of halogens is 1. The van der Waals surface area contributed by atoms with Crippen LogP contribution in [-0.2, 0) is 0 Å². The SMILES string of the molecule is CC(C)CC(CO)NC(=O)NC1CCN(c2ncccc2F)C1. The van der Waals surface area contributed by atoms with E-state index in [-0.39, 0.29) is 30.5 Å². The van der Waals surface area contributed by atoms with Crippen LogP contribution in [0, 0.1) is 11.7 Å². The standard InChI is InChI=1S/C16H25FN4O2/c1-11(2)8-13(10-22)20-16(23)19-12-5-7-21(9-12)15-14(17)4-3-6-18-15/h3-4,6,11-13,22H,5,7-10H2,1-2H3,(H2,19,20,23). The number of carbonyl (C=O) groups excluding carboxylic acids is 1. The lowest BCUT2D eigenvalue weighted by molar-refractivity contribution is 0.205. The minimum absolute atomic E-state index is 0.0604. The topological polar surface area (TPSA) is 77.5 Å². The summed E-state index contributed by atoms with van der Waals surface area (Å²) in [5.41, 5.74) is 0. The molecule has 3 N–H and O–H groups in total. The smallest absolute Gasteiger partial charge is 0.315 e. The molecule has 1 aromatic rings. The Morgan fingerprint density at radius 2 is 2.35 bits per heavy atom. The zero-order valence-electron chi connectivity index (χ0n) is 13.6. The van der Waals surface area contributed by atoms with Crippen LogP contribution in [0.5, 0.6) is 0 Å². The van der Waals surface area contributed by atoms with Crippen molar-refractivity contribution in [3.05, 3.63) is 24.1 Å². The molecule has 1 fully saturated rings. The summed E-state index contributed by atoms with van der Waals surface area (Å²) in [7, 11) is 0. The zero-order valence-corrected chi connectivity index (χ0v) is 13.6. The highest BCUT2D eigenvalue weighted by Crippen LogP contribution is 2.20. The van der Waals surface area contributed by atoms with Gasteiger partial charge in [-0.15, -0.1) is 0 Å². The second kappa shape index (κ2) is 8.10. The van der Waals surface area contributed by atoms with Crippen molar-refractivity contribution in [2.45, 2.75) is 38.8 Å². The number of amides is 2. The summed E-state index contributed by atoms with van der Waals surface area (Å²) >= 11 is 0. The van der Waals surface area contributed by atoms with Crippen LogP contribution in [0.25, 0.3) is 0 Å². The molecule has 2 heterocycles. The van der Waals surface area contributed by atoms with E-state index < -0.39 is 0 Å². The second-order valence-electron chi connectivity index (χ2n) is 6.37. The Labute approximate surface area is 136 Å². The van der Waals surface area contributed by atoms with Crippen molar-refractivity contribution >= 4 is 11.8 Å². The third kappa shape index (κ3) is 5.06. The monoisotopic (exact) mass is 324 g/mol. The first-order valence-corrected chi connectivity index (χ1v) is 8.03. The van der Waals surface area contributed by atoms with E-state index in [2.05, 4.69) is 15.6 Å². The van der Waals surface area contributed by atoms with Gasteiger partial charge >= 0.3 is 6.03 Å². The number of urea groups is 1. The van der Waals surface area contributed by atoms with E-state index in [4.69, 9.17) is 0 Å². The second-order valence-corrected chi connectivity index (χ2v) is 6.37. The molecule has 0 bridgehead atoms. The molecule has 0 spiro atoms. The molecule has 0 radical (unpaired) electrons. The Kier molecular flexibility index (Phi) is 6.15. The molecule has 0 aliphatic carbocycles. The van der Waals surface area contributed by atoms with E-state index in [1.165, 1.54) is 6.07 Å². The van der Waals surface area contributed by atoms with Crippen LogP contribution in [-0.4, -0.2) is 47.9 Å². The third-order valence-electron chi connectivity index (χ3n) is 3.87. The van der Waals surface area contributed by atoms with E-state index in [1.807, 2.05) is 18.7 Å². The Hall–Kier alpha value is -1.89. The van der Waals surface area contributed by atoms with Gasteiger partial charge in [0.25, 0.3) is 0 Å². The maximum absolute atomic E-state index is 13.7. The molecule has 2 unspecified atom stereocenters. The van der Waals surface area contributed by atoms with Gasteiger partial charge < -0.3 is 20.6 Å². The molecule has 1 saturated heterocycles. The highest BCUT2D eigenvalue weighted by molar-refractivity contribution is 5.74. The lowest BCUT2D eigenvalue weighted by atomic mass is 10.0. The molecule has 2 rings (SSSR count). The fourth-order valence-electron chi connectivity index (χ4n) is 2.84. The summed E-state index contributed by atoms with van der Waals surface area (Å²) in [5.74, 6) is 0.363. The molecule has 128 valence electrons.